The Kier molecular flexibility index (Phi) is 4.91. The zero-order chi connectivity index (χ0) is 11.1. The molecule has 0 saturated heterocycles. The second-order valence-corrected chi connectivity index (χ2v) is 3.51. The van der Waals surface area contributed by atoms with Crippen LogP contribution in [0.25, 0.3) is 6.08 Å². The van der Waals surface area contributed by atoms with Crippen molar-refractivity contribution in [2.75, 3.05) is 13.2 Å². The van der Waals surface area contributed by atoms with Gasteiger partial charge in [0.1, 0.15) is 12.4 Å². The van der Waals surface area contributed by atoms with Crippen LogP contribution in [0.15, 0.2) is 30.8 Å². The lowest BCUT2D eigenvalue weighted by atomic mass is 10.2. The SMILES string of the molecule is C=Cc1ccccc1OCCOC(C)C. The average Bonchev–Trinajstić information content (AvgIpc) is 2.24. The van der Waals surface area contributed by atoms with Gasteiger partial charge in [-0.2, -0.15) is 0 Å². The summed E-state index contributed by atoms with van der Waals surface area (Å²) >= 11 is 0. The van der Waals surface area contributed by atoms with Crippen molar-refractivity contribution >= 4 is 6.08 Å². The maximum Gasteiger partial charge on any atom is 0.126 e. The van der Waals surface area contributed by atoms with Gasteiger partial charge in [0.15, 0.2) is 0 Å². The molecule has 0 bridgehead atoms. The number of para-hydroxylation sites is 1. The standard InChI is InChI=1S/C13H18O2/c1-4-12-7-5-6-8-13(12)15-10-9-14-11(2)3/h4-8,11H,1,9-10H2,2-3H3. The van der Waals surface area contributed by atoms with E-state index in [0.29, 0.717) is 13.2 Å². The fourth-order valence-corrected chi connectivity index (χ4v) is 1.22. The molecule has 0 aliphatic heterocycles. The quantitative estimate of drug-likeness (QED) is 0.666. The Bertz CT molecular complexity index is 305. The van der Waals surface area contributed by atoms with Crippen LogP contribution in [0.3, 0.4) is 0 Å². The minimum absolute atomic E-state index is 0.253. The molecule has 15 heavy (non-hydrogen) atoms. The second-order valence-electron chi connectivity index (χ2n) is 3.51. The van der Waals surface area contributed by atoms with E-state index in [2.05, 4.69) is 6.58 Å². The summed E-state index contributed by atoms with van der Waals surface area (Å²) in [5, 5.41) is 0. The molecule has 1 aromatic carbocycles. The smallest absolute Gasteiger partial charge is 0.126 e. The lowest BCUT2D eigenvalue weighted by molar-refractivity contribution is 0.0552. The molecule has 0 aromatic heterocycles. The maximum absolute atomic E-state index is 5.58. The number of hydrogen-bond acceptors (Lipinski definition) is 2. The maximum atomic E-state index is 5.58. The summed E-state index contributed by atoms with van der Waals surface area (Å²) in [6.07, 6.45) is 2.04. The van der Waals surface area contributed by atoms with Crippen molar-refractivity contribution in [2.24, 2.45) is 0 Å². The molecular weight excluding hydrogens is 188 g/mol. The van der Waals surface area contributed by atoms with E-state index < -0.39 is 0 Å². The normalized spacial score (nSPS) is 10.3. The number of benzene rings is 1. The molecule has 0 aliphatic carbocycles. The van der Waals surface area contributed by atoms with Gasteiger partial charge in [0, 0.05) is 5.56 Å². The van der Waals surface area contributed by atoms with Gasteiger partial charge in [0.25, 0.3) is 0 Å². The van der Waals surface area contributed by atoms with Gasteiger partial charge in [-0.3, -0.25) is 0 Å². The molecule has 1 rings (SSSR count). The van der Waals surface area contributed by atoms with E-state index in [0.717, 1.165) is 11.3 Å². The van der Waals surface area contributed by atoms with Gasteiger partial charge in [-0.15, -0.1) is 0 Å². The molecule has 2 heteroatoms. The Morgan fingerprint density at radius 3 is 2.67 bits per heavy atom. The summed E-state index contributed by atoms with van der Waals surface area (Å²) in [7, 11) is 0. The van der Waals surface area contributed by atoms with E-state index in [1.54, 1.807) is 6.08 Å². The van der Waals surface area contributed by atoms with Crippen LogP contribution in [-0.2, 0) is 4.74 Å². The van der Waals surface area contributed by atoms with Crippen LogP contribution in [0.1, 0.15) is 19.4 Å². The van der Waals surface area contributed by atoms with Crippen molar-refractivity contribution in [2.45, 2.75) is 20.0 Å². The van der Waals surface area contributed by atoms with E-state index in [4.69, 9.17) is 9.47 Å². The predicted octanol–water partition coefficient (Wildman–Crippen LogP) is 3.13. The van der Waals surface area contributed by atoms with Gasteiger partial charge in [-0.05, 0) is 19.9 Å². The molecule has 0 aliphatic rings. The van der Waals surface area contributed by atoms with Crippen molar-refractivity contribution in [3.8, 4) is 5.75 Å². The van der Waals surface area contributed by atoms with Crippen molar-refractivity contribution in [1.82, 2.24) is 0 Å². The van der Waals surface area contributed by atoms with Gasteiger partial charge in [0.2, 0.25) is 0 Å². The Hall–Kier alpha value is -1.28. The highest BCUT2D eigenvalue weighted by Gasteiger charge is 1.99. The highest BCUT2D eigenvalue weighted by molar-refractivity contribution is 5.55. The van der Waals surface area contributed by atoms with E-state index in [1.165, 1.54) is 0 Å². The van der Waals surface area contributed by atoms with Gasteiger partial charge in [-0.1, -0.05) is 30.9 Å². The number of rotatable bonds is 6. The fourth-order valence-electron chi connectivity index (χ4n) is 1.22. The molecule has 0 saturated carbocycles. The summed E-state index contributed by atoms with van der Waals surface area (Å²) < 4.78 is 11.0. The first-order chi connectivity index (χ1) is 7.24. The van der Waals surface area contributed by atoms with E-state index in [9.17, 15) is 0 Å². The van der Waals surface area contributed by atoms with Crippen LogP contribution in [-0.4, -0.2) is 19.3 Å². The fraction of sp³-hybridized carbons (Fsp3) is 0.385. The van der Waals surface area contributed by atoms with Crippen LogP contribution in [0.5, 0.6) is 5.75 Å². The van der Waals surface area contributed by atoms with E-state index >= 15 is 0 Å². The zero-order valence-electron chi connectivity index (χ0n) is 9.40. The first-order valence-corrected chi connectivity index (χ1v) is 5.20. The van der Waals surface area contributed by atoms with Crippen LogP contribution in [0.2, 0.25) is 0 Å². The summed E-state index contributed by atoms with van der Waals surface area (Å²) in [5.41, 5.74) is 1.02. The third kappa shape index (κ3) is 4.17. The lowest BCUT2D eigenvalue weighted by Gasteiger charge is -2.10. The Morgan fingerprint density at radius 1 is 1.27 bits per heavy atom. The van der Waals surface area contributed by atoms with E-state index in [1.807, 2.05) is 38.1 Å². The first kappa shape index (κ1) is 11.8. The second kappa shape index (κ2) is 6.25. The predicted molar refractivity (Wildman–Crippen MR) is 63.1 cm³/mol. The van der Waals surface area contributed by atoms with Gasteiger partial charge in [0.05, 0.1) is 12.7 Å². The van der Waals surface area contributed by atoms with Crippen molar-refractivity contribution in [3.05, 3.63) is 36.4 Å². The monoisotopic (exact) mass is 206 g/mol. The first-order valence-electron chi connectivity index (χ1n) is 5.20. The lowest BCUT2D eigenvalue weighted by Crippen LogP contribution is -2.11. The van der Waals surface area contributed by atoms with Crippen molar-refractivity contribution in [3.63, 3.8) is 0 Å². The summed E-state index contributed by atoms with van der Waals surface area (Å²) in [4.78, 5) is 0. The van der Waals surface area contributed by atoms with Crippen LogP contribution in [0, 0.1) is 0 Å². The van der Waals surface area contributed by atoms with Crippen LogP contribution < -0.4 is 4.74 Å². The average molecular weight is 206 g/mol. The number of hydrogen-bond donors (Lipinski definition) is 0. The largest absolute Gasteiger partial charge is 0.491 e. The topological polar surface area (TPSA) is 18.5 Å². The molecule has 0 N–H and O–H groups in total. The van der Waals surface area contributed by atoms with Crippen molar-refractivity contribution in [1.29, 1.82) is 0 Å². The molecule has 0 radical (unpaired) electrons. The highest BCUT2D eigenvalue weighted by Crippen LogP contribution is 2.18. The van der Waals surface area contributed by atoms with Crippen LogP contribution >= 0.6 is 0 Å². The third-order valence-corrected chi connectivity index (χ3v) is 1.93. The Morgan fingerprint density at radius 2 is 2.00 bits per heavy atom. The molecule has 1 aromatic rings. The minimum atomic E-state index is 0.253. The summed E-state index contributed by atoms with van der Waals surface area (Å²) in [6.45, 7) is 8.95. The Labute approximate surface area is 91.5 Å². The molecule has 0 heterocycles. The molecule has 0 amide bonds. The molecule has 0 atom stereocenters. The Balaban J connectivity index is 2.40. The van der Waals surface area contributed by atoms with Gasteiger partial charge < -0.3 is 9.47 Å². The summed E-state index contributed by atoms with van der Waals surface area (Å²) in [5.74, 6) is 0.861. The van der Waals surface area contributed by atoms with Gasteiger partial charge >= 0.3 is 0 Å². The zero-order valence-corrected chi connectivity index (χ0v) is 9.40. The molecular formula is C13H18O2. The molecule has 0 fully saturated rings. The molecule has 82 valence electrons. The summed E-state index contributed by atoms with van der Waals surface area (Å²) in [6, 6.07) is 7.83. The molecule has 2 nitrogen and oxygen atoms in total. The molecule has 0 unspecified atom stereocenters. The minimum Gasteiger partial charge on any atom is -0.491 e. The third-order valence-electron chi connectivity index (χ3n) is 1.93. The van der Waals surface area contributed by atoms with E-state index in [-0.39, 0.29) is 6.10 Å². The van der Waals surface area contributed by atoms with Crippen molar-refractivity contribution < 1.29 is 9.47 Å². The molecule has 0 spiro atoms. The van der Waals surface area contributed by atoms with Gasteiger partial charge in [-0.25, -0.2) is 0 Å². The highest BCUT2D eigenvalue weighted by atomic mass is 16.5. The van der Waals surface area contributed by atoms with Crippen LogP contribution in [0.4, 0.5) is 0 Å². The number of ether oxygens (including phenoxy) is 2.